The average Bonchev–Trinajstić information content (AvgIpc) is 3.03. The highest BCUT2D eigenvalue weighted by Crippen LogP contribution is 2.17. The van der Waals surface area contributed by atoms with E-state index < -0.39 is 6.10 Å². The Kier molecular flexibility index (Phi) is 6.24. The maximum absolute atomic E-state index is 11.9. The van der Waals surface area contributed by atoms with Crippen LogP contribution in [0.4, 0.5) is 0 Å². The van der Waals surface area contributed by atoms with Gasteiger partial charge in [0.15, 0.2) is 6.10 Å². The maximum atomic E-state index is 11.9. The molecule has 120 valence electrons. The van der Waals surface area contributed by atoms with Crippen molar-refractivity contribution >= 4 is 27.7 Å². The highest BCUT2D eigenvalue weighted by molar-refractivity contribution is 9.10. The zero-order chi connectivity index (χ0) is 15.9. The molecule has 2 amide bonds. The van der Waals surface area contributed by atoms with Gasteiger partial charge in [-0.25, -0.2) is 0 Å². The number of nitrogens with one attached hydrogen (secondary N) is 1. The molecule has 1 fully saturated rings. The van der Waals surface area contributed by atoms with E-state index in [1.54, 1.807) is 19.1 Å². The molecule has 2 rings (SSSR count). The number of carbonyl (C=O) groups excluding carboxylic acids is 2. The van der Waals surface area contributed by atoms with E-state index in [1.165, 1.54) is 0 Å². The van der Waals surface area contributed by atoms with Gasteiger partial charge in [-0.3, -0.25) is 9.59 Å². The van der Waals surface area contributed by atoms with Crippen molar-refractivity contribution in [1.29, 1.82) is 0 Å². The highest BCUT2D eigenvalue weighted by Gasteiger charge is 2.19. The van der Waals surface area contributed by atoms with Crippen LogP contribution >= 0.6 is 15.9 Å². The van der Waals surface area contributed by atoms with Gasteiger partial charge < -0.3 is 15.0 Å². The van der Waals surface area contributed by atoms with E-state index in [4.69, 9.17) is 4.74 Å². The van der Waals surface area contributed by atoms with Gasteiger partial charge in [0, 0.05) is 30.5 Å². The van der Waals surface area contributed by atoms with Crippen molar-refractivity contribution < 1.29 is 14.3 Å². The maximum Gasteiger partial charge on any atom is 0.260 e. The van der Waals surface area contributed by atoms with Gasteiger partial charge in [0.05, 0.1) is 0 Å². The number of ether oxygens (including phenoxy) is 1. The summed E-state index contributed by atoms with van der Waals surface area (Å²) in [6.07, 6.45) is 1.91. The minimum atomic E-state index is -0.594. The number of halogens is 1. The van der Waals surface area contributed by atoms with Crippen LogP contribution in [0.5, 0.6) is 5.75 Å². The fourth-order valence-electron chi connectivity index (χ4n) is 2.33. The van der Waals surface area contributed by atoms with E-state index >= 15 is 0 Å². The number of benzene rings is 1. The predicted octanol–water partition coefficient (Wildman–Crippen LogP) is 2.35. The van der Waals surface area contributed by atoms with Crippen LogP contribution in [0, 0.1) is 0 Å². The summed E-state index contributed by atoms with van der Waals surface area (Å²) in [4.78, 5) is 25.7. The van der Waals surface area contributed by atoms with E-state index in [0.717, 1.165) is 30.4 Å². The Hall–Kier alpha value is -1.56. The van der Waals surface area contributed by atoms with Crippen LogP contribution in [0.3, 0.4) is 0 Å². The van der Waals surface area contributed by atoms with Crippen molar-refractivity contribution in [2.24, 2.45) is 0 Å². The molecule has 0 radical (unpaired) electrons. The summed E-state index contributed by atoms with van der Waals surface area (Å²) in [5, 5.41) is 2.75. The molecule has 1 saturated heterocycles. The first-order valence-electron chi connectivity index (χ1n) is 7.54. The summed E-state index contributed by atoms with van der Waals surface area (Å²) in [5.74, 6) is 0.537. The molecule has 1 heterocycles. The molecule has 1 aliphatic heterocycles. The fourth-order valence-corrected chi connectivity index (χ4v) is 2.60. The van der Waals surface area contributed by atoms with Crippen molar-refractivity contribution in [2.45, 2.75) is 32.3 Å². The normalized spacial score (nSPS) is 15.5. The standard InChI is InChI=1S/C16H21BrN2O3/c1-12(22-14-6-4-13(17)5-7-14)16(21)18-9-8-15(20)19-10-2-3-11-19/h4-7,12H,2-3,8-11H2,1H3,(H,18,21). The zero-order valence-electron chi connectivity index (χ0n) is 12.7. The second kappa shape index (κ2) is 8.17. The van der Waals surface area contributed by atoms with Crippen molar-refractivity contribution in [2.75, 3.05) is 19.6 Å². The number of carbonyl (C=O) groups is 2. The third-order valence-electron chi connectivity index (χ3n) is 3.59. The number of rotatable bonds is 6. The van der Waals surface area contributed by atoms with Crippen LogP contribution in [0.25, 0.3) is 0 Å². The molecular weight excluding hydrogens is 348 g/mol. The second-order valence-electron chi connectivity index (χ2n) is 5.34. The third-order valence-corrected chi connectivity index (χ3v) is 4.12. The van der Waals surface area contributed by atoms with Gasteiger partial charge in [-0.05, 0) is 44.0 Å². The smallest absolute Gasteiger partial charge is 0.260 e. The Balaban J connectivity index is 1.69. The largest absolute Gasteiger partial charge is 0.481 e. The first-order valence-corrected chi connectivity index (χ1v) is 8.33. The summed E-state index contributed by atoms with van der Waals surface area (Å²) in [7, 11) is 0. The van der Waals surface area contributed by atoms with Crippen molar-refractivity contribution in [3.63, 3.8) is 0 Å². The molecule has 0 saturated carbocycles. The fraction of sp³-hybridized carbons (Fsp3) is 0.500. The van der Waals surface area contributed by atoms with Crippen molar-refractivity contribution in [3.05, 3.63) is 28.7 Å². The van der Waals surface area contributed by atoms with Crippen molar-refractivity contribution in [3.8, 4) is 5.75 Å². The molecule has 1 aromatic carbocycles. The van der Waals surface area contributed by atoms with E-state index in [1.807, 2.05) is 17.0 Å². The summed E-state index contributed by atoms with van der Waals surface area (Å²) in [5.41, 5.74) is 0. The number of amides is 2. The molecule has 0 spiro atoms. The summed E-state index contributed by atoms with van der Waals surface area (Å²) >= 11 is 3.35. The lowest BCUT2D eigenvalue weighted by Gasteiger charge is -2.17. The van der Waals surface area contributed by atoms with Crippen LogP contribution < -0.4 is 10.1 Å². The third kappa shape index (κ3) is 5.02. The molecule has 1 N–H and O–H groups in total. The van der Waals surface area contributed by atoms with E-state index in [2.05, 4.69) is 21.2 Å². The lowest BCUT2D eigenvalue weighted by Crippen LogP contribution is -2.38. The molecule has 0 aromatic heterocycles. The summed E-state index contributed by atoms with van der Waals surface area (Å²) < 4.78 is 6.52. The van der Waals surface area contributed by atoms with Gasteiger partial charge in [0.1, 0.15) is 5.75 Å². The Bertz CT molecular complexity index is 513. The van der Waals surface area contributed by atoms with Gasteiger partial charge in [0.25, 0.3) is 5.91 Å². The lowest BCUT2D eigenvalue weighted by molar-refractivity contribution is -0.130. The summed E-state index contributed by atoms with van der Waals surface area (Å²) in [6, 6.07) is 7.30. The molecule has 0 bridgehead atoms. The lowest BCUT2D eigenvalue weighted by atomic mass is 10.3. The van der Waals surface area contributed by atoms with Gasteiger partial charge in [-0.1, -0.05) is 15.9 Å². The first kappa shape index (κ1) is 16.8. The van der Waals surface area contributed by atoms with Gasteiger partial charge >= 0.3 is 0 Å². The van der Waals surface area contributed by atoms with Crippen LogP contribution in [-0.4, -0.2) is 42.5 Å². The minimum Gasteiger partial charge on any atom is -0.481 e. The first-order chi connectivity index (χ1) is 10.6. The minimum absolute atomic E-state index is 0.110. The Morgan fingerprint density at radius 1 is 1.27 bits per heavy atom. The van der Waals surface area contributed by atoms with E-state index in [9.17, 15) is 9.59 Å². The van der Waals surface area contributed by atoms with Crippen molar-refractivity contribution in [1.82, 2.24) is 10.2 Å². The average molecular weight is 369 g/mol. The molecule has 5 nitrogen and oxygen atoms in total. The van der Waals surface area contributed by atoms with Gasteiger partial charge in [-0.2, -0.15) is 0 Å². The monoisotopic (exact) mass is 368 g/mol. The Morgan fingerprint density at radius 3 is 2.55 bits per heavy atom. The van der Waals surface area contributed by atoms with Gasteiger partial charge in [0.2, 0.25) is 5.91 Å². The molecule has 1 unspecified atom stereocenters. The predicted molar refractivity (Wildman–Crippen MR) is 87.7 cm³/mol. The van der Waals surface area contributed by atoms with E-state index in [0.29, 0.717) is 18.7 Å². The molecule has 1 atom stereocenters. The molecule has 0 aliphatic carbocycles. The number of nitrogens with zero attached hydrogens (tertiary/aromatic N) is 1. The van der Waals surface area contributed by atoms with Crippen LogP contribution in [0.15, 0.2) is 28.7 Å². The topological polar surface area (TPSA) is 58.6 Å². The van der Waals surface area contributed by atoms with E-state index in [-0.39, 0.29) is 11.8 Å². The van der Waals surface area contributed by atoms with Crippen LogP contribution in [-0.2, 0) is 9.59 Å². The Labute approximate surface area is 139 Å². The summed E-state index contributed by atoms with van der Waals surface area (Å²) in [6.45, 7) is 3.73. The molecule has 22 heavy (non-hydrogen) atoms. The second-order valence-corrected chi connectivity index (χ2v) is 6.26. The number of likely N-dealkylation sites (tertiary alicyclic amines) is 1. The van der Waals surface area contributed by atoms with Gasteiger partial charge in [-0.15, -0.1) is 0 Å². The number of hydrogen-bond acceptors (Lipinski definition) is 3. The van der Waals surface area contributed by atoms with Crippen LogP contribution in [0.2, 0.25) is 0 Å². The SMILES string of the molecule is CC(Oc1ccc(Br)cc1)C(=O)NCCC(=O)N1CCCC1. The highest BCUT2D eigenvalue weighted by atomic mass is 79.9. The molecule has 1 aliphatic rings. The molecular formula is C16H21BrN2O3. The quantitative estimate of drug-likeness (QED) is 0.838. The zero-order valence-corrected chi connectivity index (χ0v) is 14.3. The molecule has 1 aromatic rings. The Morgan fingerprint density at radius 2 is 1.91 bits per heavy atom. The van der Waals surface area contributed by atoms with Crippen LogP contribution in [0.1, 0.15) is 26.2 Å². The number of hydrogen-bond donors (Lipinski definition) is 1. The molecule has 6 heteroatoms.